The number of fused-ring (bicyclic) bond motifs is 1. The fraction of sp³-hybridized carbons (Fsp3) is 0.235. The van der Waals surface area contributed by atoms with Crippen LogP contribution < -0.4 is 5.32 Å². The highest BCUT2D eigenvalue weighted by Gasteiger charge is 2.18. The fourth-order valence-corrected chi connectivity index (χ4v) is 2.47. The number of pyridine rings is 3. The molecule has 0 amide bonds. The Hall–Kier alpha value is -2.56. The van der Waals surface area contributed by atoms with E-state index in [0.29, 0.717) is 22.4 Å². The first-order chi connectivity index (χ1) is 10.7. The molecule has 4 nitrogen and oxygen atoms in total. The average molecular weight is 296 g/mol. The molecule has 0 spiro atoms. The van der Waals surface area contributed by atoms with Crippen LogP contribution in [0.1, 0.15) is 30.8 Å². The molecule has 3 aromatic heterocycles. The SMILES string of the molecule is CC[C@H](Nc1c(F)c(C)nc2cccnc12)c1ccccn1. The molecular weight excluding hydrogens is 279 g/mol. The second-order valence-corrected chi connectivity index (χ2v) is 5.12. The maximum absolute atomic E-state index is 14.6. The summed E-state index contributed by atoms with van der Waals surface area (Å²) in [5.41, 5.74) is 2.85. The minimum absolute atomic E-state index is 0.0808. The van der Waals surface area contributed by atoms with Crippen LogP contribution in [0.25, 0.3) is 11.0 Å². The Balaban J connectivity index is 2.08. The molecule has 0 unspecified atom stereocenters. The van der Waals surface area contributed by atoms with Gasteiger partial charge in [-0.15, -0.1) is 0 Å². The van der Waals surface area contributed by atoms with E-state index in [1.807, 2.05) is 31.2 Å². The van der Waals surface area contributed by atoms with E-state index in [-0.39, 0.29) is 11.9 Å². The molecule has 3 rings (SSSR count). The Bertz CT molecular complexity index is 789. The summed E-state index contributed by atoms with van der Waals surface area (Å²) >= 11 is 0. The van der Waals surface area contributed by atoms with E-state index in [2.05, 4.69) is 20.3 Å². The maximum atomic E-state index is 14.6. The number of rotatable bonds is 4. The summed E-state index contributed by atoms with van der Waals surface area (Å²) in [4.78, 5) is 12.9. The topological polar surface area (TPSA) is 50.7 Å². The Morgan fingerprint density at radius 1 is 1.14 bits per heavy atom. The highest BCUT2D eigenvalue weighted by molar-refractivity contribution is 5.88. The molecule has 112 valence electrons. The average Bonchev–Trinajstić information content (AvgIpc) is 2.56. The predicted octanol–water partition coefficient (Wildman–Crippen LogP) is 4.04. The zero-order chi connectivity index (χ0) is 15.5. The van der Waals surface area contributed by atoms with Crippen LogP contribution in [-0.4, -0.2) is 15.0 Å². The van der Waals surface area contributed by atoms with Gasteiger partial charge in [0.05, 0.1) is 22.9 Å². The second-order valence-electron chi connectivity index (χ2n) is 5.12. The number of hydrogen-bond donors (Lipinski definition) is 1. The molecule has 0 bridgehead atoms. The van der Waals surface area contributed by atoms with Crippen molar-refractivity contribution in [2.24, 2.45) is 0 Å². The first kappa shape index (κ1) is 14.4. The number of aryl methyl sites for hydroxylation is 1. The monoisotopic (exact) mass is 296 g/mol. The number of hydrogen-bond acceptors (Lipinski definition) is 4. The summed E-state index contributed by atoms with van der Waals surface area (Å²) in [5.74, 6) is -0.361. The predicted molar refractivity (Wildman–Crippen MR) is 85.1 cm³/mol. The van der Waals surface area contributed by atoms with Crippen molar-refractivity contribution < 1.29 is 4.39 Å². The first-order valence-corrected chi connectivity index (χ1v) is 7.29. The van der Waals surface area contributed by atoms with Crippen LogP contribution in [0.2, 0.25) is 0 Å². The van der Waals surface area contributed by atoms with Gasteiger partial charge in [0.25, 0.3) is 0 Å². The highest BCUT2D eigenvalue weighted by Crippen LogP contribution is 2.29. The van der Waals surface area contributed by atoms with Crippen molar-refractivity contribution in [2.75, 3.05) is 5.32 Å². The zero-order valence-electron chi connectivity index (χ0n) is 12.5. The van der Waals surface area contributed by atoms with Crippen molar-refractivity contribution >= 4 is 16.7 Å². The van der Waals surface area contributed by atoms with Gasteiger partial charge in [-0.2, -0.15) is 0 Å². The van der Waals surface area contributed by atoms with Gasteiger partial charge in [-0.1, -0.05) is 13.0 Å². The van der Waals surface area contributed by atoms with Crippen LogP contribution in [0.4, 0.5) is 10.1 Å². The fourth-order valence-electron chi connectivity index (χ4n) is 2.47. The lowest BCUT2D eigenvalue weighted by atomic mass is 10.1. The van der Waals surface area contributed by atoms with Crippen molar-refractivity contribution in [1.29, 1.82) is 0 Å². The third-order valence-corrected chi connectivity index (χ3v) is 3.62. The van der Waals surface area contributed by atoms with Crippen molar-refractivity contribution in [3.05, 3.63) is 59.9 Å². The van der Waals surface area contributed by atoms with Gasteiger partial charge in [0, 0.05) is 12.4 Å². The van der Waals surface area contributed by atoms with E-state index >= 15 is 0 Å². The van der Waals surface area contributed by atoms with Crippen molar-refractivity contribution in [2.45, 2.75) is 26.3 Å². The molecule has 0 aliphatic heterocycles. The molecule has 0 fully saturated rings. The quantitative estimate of drug-likeness (QED) is 0.789. The smallest absolute Gasteiger partial charge is 0.169 e. The van der Waals surface area contributed by atoms with E-state index in [0.717, 1.165) is 12.1 Å². The van der Waals surface area contributed by atoms with Gasteiger partial charge in [-0.05, 0) is 37.6 Å². The van der Waals surface area contributed by atoms with Crippen LogP contribution in [0.15, 0.2) is 42.7 Å². The minimum atomic E-state index is -0.361. The van der Waals surface area contributed by atoms with Gasteiger partial charge < -0.3 is 5.32 Å². The lowest BCUT2D eigenvalue weighted by molar-refractivity contribution is 0.608. The molecule has 0 saturated heterocycles. The molecule has 22 heavy (non-hydrogen) atoms. The molecule has 0 aliphatic rings. The minimum Gasteiger partial charge on any atom is -0.372 e. The summed E-state index contributed by atoms with van der Waals surface area (Å²) in [6, 6.07) is 9.28. The van der Waals surface area contributed by atoms with E-state index < -0.39 is 0 Å². The molecule has 0 aromatic carbocycles. The lowest BCUT2D eigenvalue weighted by Crippen LogP contribution is -2.13. The summed E-state index contributed by atoms with van der Waals surface area (Å²) in [5, 5.41) is 3.26. The Morgan fingerprint density at radius 3 is 2.68 bits per heavy atom. The molecule has 3 heterocycles. The number of aromatic nitrogens is 3. The van der Waals surface area contributed by atoms with E-state index in [1.165, 1.54) is 0 Å². The number of nitrogens with zero attached hydrogens (tertiary/aromatic N) is 3. The standard InChI is InChI=1S/C17H17FN4/c1-3-12(13-7-4-5-9-19-13)22-17-15(18)11(2)21-14-8-6-10-20-16(14)17/h4-10,12H,3H2,1-2H3,(H,21,22)/t12-/m0/s1. The molecular formula is C17H17FN4. The number of anilines is 1. The third kappa shape index (κ3) is 2.62. The largest absolute Gasteiger partial charge is 0.372 e. The molecule has 3 aromatic rings. The van der Waals surface area contributed by atoms with Crippen LogP contribution in [0.5, 0.6) is 0 Å². The van der Waals surface area contributed by atoms with Gasteiger partial charge >= 0.3 is 0 Å². The van der Waals surface area contributed by atoms with Crippen LogP contribution >= 0.6 is 0 Å². The second kappa shape index (κ2) is 6.05. The van der Waals surface area contributed by atoms with E-state index in [9.17, 15) is 4.39 Å². The normalized spacial score (nSPS) is 12.3. The molecule has 0 aliphatic carbocycles. The number of nitrogens with one attached hydrogen (secondary N) is 1. The molecule has 1 N–H and O–H groups in total. The van der Waals surface area contributed by atoms with Crippen LogP contribution in [-0.2, 0) is 0 Å². The third-order valence-electron chi connectivity index (χ3n) is 3.62. The lowest BCUT2D eigenvalue weighted by Gasteiger charge is -2.19. The highest BCUT2D eigenvalue weighted by atomic mass is 19.1. The molecule has 5 heteroatoms. The van der Waals surface area contributed by atoms with Crippen LogP contribution in [0.3, 0.4) is 0 Å². The van der Waals surface area contributed by atoms with Gasteiger partial charge in [0.15, 0.2) is 5.82 Å². The summed E-state index contributed by atoms with van der Waals surface area (Å²) in [6.45, 7) is 3.70. The molecule has 1 atom stereocenters. The van der Waals surface area contributed by atoms with E-state index in [4.69, 9.17) is 0 Å². The van der Waals surface area contributed by atoms with Gasteiger partial charge in [0.2, 0.25) is 0 Å². The van der Waals surface area contributed by atoms with Crippen LogP contribution in [0, 0.1) is 12.7 Å². The van der Waals surface area contributed by atoms with Gasteiger partial charge in [-0.25, -0.2) is 9.37 Å². The zero-order valence-corrected chi connectivity index (χ0v) is 12.5. The Kier molecular flexibility index (Phi) is 3.96. The molecule has 0 saturated carbocycles. The Morgan fingerprint density at radius 2 is 1.95 bits per heavy atom. The van der Waals surface area contributed by atoms with Gasteiger partial charge in [0.1, 0.15) is 11.2 Å². The molecule has 0 radical (unpaired) electrons. The van der Waals surface area contributed by atoms with Gasteiger partial charge in [-0.3, -0.25) is 9.97 Å². The van der Waals surface area contributed by atoms with Crippen molar-refractivity contribution in [3.8, 4) is 0 Å². The van der Waals surface area contributed by atoms with Crippen molar-refractivity contribution in [1.82, 2.24) is 15.0 Å². The van der Waals surface area contributed by atoms with Crippen molar-refractivity contribution in [3.63, 3.8) is 0 Å². The first-order valence-electron chi connectivity index (χ1n) is 7.29. The van der Waals surface area contributed by atoms with E-state index in [1.54, 1.807) is 25.4 Å². The summed E-state index contributed by atoms with van der Waals surface area (Å²) in [7, 11) is 0. The number of halogens is 1. The Labute approximate surface area is 128 Å². The summed E-state index contributed by atoms with van der Waals surface area (Å²) in [6.07, 6.45) is 4.17. The summed E-state index contributed by atoms with van der Waals surface area (Å²) < 4.78 is 14.6. The maximum Gasteiger partial charge on any atom is 0.169 e.